The van der Waals surface area contributed by atoms with E-state index < -0.39 is 11.0 Å². The van der Waals surface area contributed by atoms with Gasteiger partial charge >= 0.3 is 0 Å². The van der Waals surface area contributed by atoms with Crippen LogP contribution < -0.4 is 4.74 Å². The number of amidine groups is 1. The lowest BCUT2D eigenvalue weighted by molar-refractivity contribution is -0.384. The van der Waals surface area contributed by atoms with E-state index in [1.807, 2.05) is 30.3 Å². The summed E-state index contributed by atoms with van der Waals surface area (Å²) < 4.78 is 5.72. The SMILES string of the molecule is C[C@@H](Oc1ccccc1)C(=O)N1CCN=C1SCc1ccc([N+](=O)[O-])cc1. The molecule has 0 fully saturated rings. The van der Waals surface area contributed by atoms with E-state index in [-0.39, 0.29) is 11.6 Å². The van der Waals surface area contributed by atoms with E-state index in [1.165, 1.54) is 23.9 Å². The summed E-state index contributed by atoms with van der Waals surface area (Å²) in [6.45, 7) is 2.82. The van der Waals surface area contributed by atoms with Gasteiger partial charge in [-0.2, -0.15) is 0 Å². The van der Waals surface area contributed by atoms with Gasteiger partial charge in [0.1, 0.15) is 5.75 Å². The molecule has 1 aliphatic rings. The number of thioether (sulfide) groups is 1. The predicted octanol–water partition coefficient (Wildman–Crippen LogP) is 3.49. The molecule has 0 bridgehead atoms. The molecule has 7 nitrogen and oxygen atoms in total. The van der Waals surface area contributed by atoms with Crippen molar-refractivity contribution < 1.29 is 14.5 Å². The Morgan fingerprint density at radius 3 is 2.63 bits per heavy atom. The van der Waals surface area contributed by atoms with E-state index in [9.17, 15) is 14.9 Å². The number of ether oxygens (including phenoxy) is 1. The Hall–Kier alpha value is -2.87. The summed E-state index contributed by atoms with van der Waals surface area (Å²) >= 11 is 1.44. The molecule has 0 aliphatic carbocycles. The number of carbonyl (C=O) groups is 1. The number of hydrogen-bond donors (Lipinski definition) is 0. The maximum atomic E-state index is 12.7. The van der Waals surface area contributed by atoms with Gasteiger partial charge in [0.25, 0.3) is 11.6 Å². The van der Waals surface area contributed by atoms with Crippen LogP contribution in [0.3, 0.4) is 0 Å². The average Bonchev–Trinajstić information content (AvgIpc) is 3.15. The van der Waals surface area contributed by atoms with Gasteiger partial charge in [0.05, 0.1) is 11.5 Å². The number of nitro groups is 1. The van der Waals surface area contributed by atoms with E-state index in [0.717, 1.165) is 5.56 Å². The minimum Gasteiger partial charge on any atom is -0.481 e. The first-order valence-electron chi connectivity index (χ1n) is 8.48. The summed E-state index contributed by atoms with van der Waals surface area (Å²) in [5, 5.41) is 11.4. The molecule has 0 saturated heterocycles. The molecule has 2 aromatic rings. The minimum atomic E-state index is -0.615. The van der Waals surface area contributed by atoms with Gasteiger partial charge in [-0.15, -0.1) is 0 Å². The maximum absolute atomic E-state index is 12.7. The fourth-order valence-corrected chi connectivity index (χ4v) is 3.60. The van der Waals surface area contributed by atoms with Crippen molar-refractivity contribution in [1.29, 1.82) is 0 Å². The van der Waals surface area contributed by atoms with E-state index >= 15 is 0 Å². The molecule has 0 saturated carbocycles. The molecular weight excluding hydrogens is 366 g/mol. The molecule has 0 unspecified atom stereocenters. The predicted molar refractivity (Wildman–Crippen MR) is 105 cm³/mol. The maximum Gasteiger partial charge on any atom is 0.269 e. The Morgan fingerprint density at radius 2 is 1.96 bits per heavy atom. The fourth-order valence-electron chi connectivity index (χ4n) is 2.59. The lowest BCUT2D eigenvalue weighted by atomic mass is 10.2. The number of para-hydroxylation sites is 1. The zero-order chi connectivity index (χ0) is 19.2. The number of benzene rings is 2. The third kappa shape index (κ3) is 4.85. The third-order valence-corrected chi connectivity index (χ3v) is 5.07. The summed E-state index contributed by atoms with van der Waals surface area (Å²) in [5.41, 5.74) is 0.992. The molecule has 140 valence electrons. The highest BCUT2D eigenvalue weighted by Crippen LogP contribution is 2.22. The average molecular weight is 385 g/mol. The fraction of sp³-hybridized carbons (Fsp3) is 0.263. The molecule has 0 radical (unpaired) electrons. The van der Waals surface area contributed by atoms with Crippen LogP contribution in [-0.4, -0.2) is 40.1 Å². The van der Waals surface area contributed by atoms with Crippen LogP contribution in [0.15, 0.2) is 59.6 Å². The second-order valence-electron chi connectivity index (χ2n) is 5.94. The lowest BCUT2D eigenvalue weighted by Crippen LogP contribution is -2.41. The lowest BCUT2D eigenvalue weighted by Gasteiger charge is -2.22. The largest absolute Gasteiger partial charge is 0.481 e. The summed E-state index contributed by atoms with van der Waals surface area (Å²) in [6.07, 6.45) is -0.615. The van der Waals surface area contributed by atoms with Crippen LogP contribution in [0.1, 0.15) is 12.5 Å². The first-order valence-corrected chi connectivity index (χ1v) is 9.47. The normalized spacial score (nSPS) is 14.6. The molecule has 1 atom stereocenters. The molecule has 0 aromatic heterocycles. The Morgan fingerprint density at radius 1 is 1.26 bits per heavy atom. The van der Waals surface area contributed by atoms with Crippen molar-refractivity contribution in [3.63, 3.8) is 0 Å². The third-order valence-electron chi connectivity index (χ3n) is 3.99. The number of rotatable bonds is 6. The Kier molecular flexibility index (Phi) is 6.08. The van der Waals surface area contributed by atoms with Gasteiger partial charge in [0.15, 0.2) is 11.3 Å². The Balaban J connectivity index is 1.57. The van der Waals surface area contributed by atoms with Crippen LogP contribution in [0.25, 0.3) is 0 Å². The topological polar surface area (TPSA) is 85.0 Å². The van der Waals surface area contributed by atoms with Crippen molar-refractivity contribution in [3.05, 3.63) is 70.3 Å². The van der Waals surface area contributed by atoms with Crippen molar-refractivity contribution in [2.75, 3.05) is 13.1 Å². The summed E-state index contributed by atoms with van der Waals surface area (Å²) in [7, 11) is 0. The number of nitro benzene ring substituents is 1. The number of amides is 1. The highest BCUT2D eigenvalue weighted by molar-refractivity contribution is 8.13. The van der Waals surface area contributed by atoms with Gasteiger partial charge in [-0.25, -0.2) is 0 Å². The van der Waals surface area contributed by atoms with E-state index in [1.54, 1.807) is 24.0 Å². The molecule has 0 spiro atoms. The van der Waals surface area contributed by atoms with Gasteiger partial charge in [-0.3, -0.25) is 24.8 Å². The van der Waals surface area contributed by atoms with Crippen LogP contribution in [-0.2, 0) is 10.5 Å². The van der Waals surface area contributed by atoms with E-state index in [2.05, 4.69) is 4.99 Å². The second kappa shape index (κ2) is 8.68. The summed E-state index contributed by atoms with van der Waals surface area (Å²) in [4.78, 5) is 29.1. The first kappa shape index (κ1) is 18.9. The van der Waals surface area contributed by atoms with Crippen molar-refractivity contribution in [3.8, 4) is 5.75 Å². The molecule has 0 N–H and O–H groups in total. The van der Waals surface area contributed by atoms with Crippen molar-refractivity contribution in [1.82, 2.24) is 4.90 Å². The molecule has 1 amide bonds. The standard InChI is InChI=1S/C19H19N3O4S/c1-14(26-17-5-3-2-4-6-17)18(23)21-12-11-20-19(21)27-13-15-7-9-16(10-8-15)22(24)25/h2-10,14H,11-13H2,1H3/t14-/m1/s1. The number of non-ortho nitro benzene ring substituents is 1. The quantitative estimate of drug-likeness (QED) is 0.561. The van der Waals surface area contributed by atoms with Crippen LogP contribution >= 0.6 is 11.8 Å². The van der Waals surface area contributed by atoms with Gasteiger partial charge in [0.2, 0.25) is 0 Å². The zero-order valence-corrected chi connectivity index (χ0v) is 15.6. The van der Waals surface area contributed by atoms with Crippen LogP contribution in [0, 0.1) is 10.1 Å². The highest BCUT2D eigenvalue weighted by Gasteiger charge is 2.29. The van der Waals surface area contributed by atoms with E-state index in [0.29, 0.717) is 29.8 Å². The second-order valence-corrected chi connectivity index (χ2v) is 6.88. The van der Waals surface area contributed by atoms with Crippen LogP contribution in [0.5, 0.6) is 5.75 Å². The Bertz CT molecular complexity index is 840. The first-order chi connectivity index (χ1) is 13.0. The van der Waals surface area contributed by atoms with Crippen molar-refractivity contribution in [2.24, 2.45) is 4.99 Å². The molecule has 8 heteroatoms. The minimum absolute atomic E-state index is 0.0608. The number of hydrogen-bond acceptors (Lipinski definition) is 6. The Labute approximate surface area is 161 Å². The molecule has 27 heavy (non-hydrogen) atoms. The number of nitrogens with zero attached hydrogens (tertiary/aromatic N) is 3. The number of carbonyl (C=O) groups excluding carboxylic acids is 1. The summed E-state index contributed by atoms with van der Waals surface area (Å²) in [6, 6.07) is 15.6. The van der Waals surface area contributed by atoms with Crippen LogP contribution in [0.2, 0.25) is 0 Å². The van der Waals surface area contributed by atoms with Gasteiger partial charge in [-0.1, -0.05) is 42.1 Å². The monoisotopic (exact) mass is 385 g/mol. The molecule has 1 aliphatic heterocycles. The zero-order valence-electron chi connectivity index (χ0n) is 14.8. The van der Waals surface area contributed by atoms with Crippen LogP contribution in [0.4, 0.5) is 5.69 Å². The van der Waals surface area contributed by atoms with E-state index in [4.69, 9.17) is 4.74 Å². The smallest absolute Gasteiger partial charge is 0.269 e. The van der Waals surface area contributed by atoms with Gasteiger partial charge in [0, 0.05) is 24.4 Å². The molecule has 3 rings (SSSR count). The molecule has 2 aromatic carbocycles. The summed E-state index contributed by atoms with van der Waals surface area (Å²) in [5.74, 6) is 1.09. The van der Waals surface area contributed by atoms with Gasteiger partial charge < -0.3 is 4.74 Å². The molecule has 1 heterocycles. The van der Waals surface area contributed by atoms with Crippen molar-refractivity contribution >= 4 is 28.5 Å². The van der Waals surface area contributed by atoms with Crippen molar-refractivity contribution in [2.45, 2.75) is 18.8 Å². The number of aliphatic imine (C=N–C) groups is 1. The van der Waals surface area contributed by atoms with Gasteiger partial charge in [-0.05, 0) is 24.6 Å². The molecular formula is C19H19N3O4S. The highest BCUT2D eigenvalue weighted by atomic mass is 32.2.